The molecule has 10 heteroatoms. The first-order valence-electron chi connectivity index (χ1n) is 11.1. The molecule has 178 valence electrons. The summed E-state index contributed by atoms with van der Waals surface area (Å²) in [5.74, 6) is 1.12. The number of halogens is 1. The van der Waals surface area contributed by atoms with Gasteiger partial charge in [0.05, 0.1) is 6.54 Å². The molecule has 1 aliphatic heterocycles. The van der Waals surface area contributed by atoms with E-state index in [0.717, 1.165) is 30.8 Å². The van der Waals surface area contributed by atoms with E-state index in [1.54, 1.807) is 0 Å². The van der Waals surface area contributed by atoms with Crippen molar-refractivity contribution in [3.05, 3.63) is 65.7 Å². The highest BCUT2D eigenvalue weighted by Gasteiger charge is 2.20. The zero-order valence-electron chi connectivity index (χ0n) is 18.6. The number of anilines is 1. The minimum atomic E-state index is -0.810. The quantitative estimate of drug-likeness (QED) is 0.388. The van der Waals surface area contributed by atoms with Gasteiger partial charge in [-0.15, -0.1) is 0 Å². The number of carboxylic acid groups (broad SMARTS) is 1. The van der Waals surface area contributed by atoms with Crippen LogP contribution in [0.1, 0.15) is 24.2 Å². The molecule has 2 N–H and O–H groups in total. The van der Waals surface area contributed by atoms with Crippen LogP contribution in [0.2, 0.25) is 0 Å². The fraction of sp³-hybridized carbons (Fsp3) is 0.333. The summed E-state index contributed by atoms with van der Waals surface area (Å²) in [4.78, 5) is 26.0. The molecular weight excluding hydrogens is 441 g/mol. The van der Waals surface area contributed by atoms with Crippen LogP contribution in [0.25, 0.3) is 0 Å². The number of nitrogens with zero attached hydrogens (tertiary/aromatic N) is 4. The molecule has 0 radical (unpaired) electrons. The minimum Gasteiger partial charge on any atom is -0.492 e. The van der Waals surface area contributed by atoms with Crippen molar-refractivity contribution in [3.8, 4) is 17.5 Å². The Bertz CT molecular complexity index is 1090. The number of rotatable bonds is 12. The van der Waals surface area contributed by atoms with Crippen LogP contribution >= 0.6 is 0 Å². The second-order valence-electron chi connectivity index (χ2n) is 7.79. The molecule has 9 nitrogen and oxygen atoms in total. The Kier molecular flexibility index (Phi) is 7.82. The highest BCUT2D eigenvalue weighted by Crippen LogP contribution is 2.22. The maximum absolute atomic E-state index is 13.2. The summed E-state index contributed by atoms with van der Waals surface area (Å²) < 4.78 is 24.6. The van der Waals surface area contributed by atoms with E-state index in [1.807, 2.05) is 29.2 Å². The van der Waals surface area contributed by atoms with Gasteiger partial charge in [0.15, 0.2) is 5.82 Å². The van der Waals surface area contributed by atoms with Crippen LogP contribution in [0.3, 0.4) is 0 Å². The normalized spacial score (nSPS) is 12.8. The second-order valence-corrected chi connectivity index (χ2v) is 7.79. The number of carbonyl (C=O) groups is 1. The van der Waals surface area contributed by atoms with E-state index in [-0.39, 0.29) is 18.2 Å². The summed E-state index contributed by atoms with van der Waals surface area (Å²) >= 11 is 0. The van der Waals surface area contributed by atoms with E-state index in [2.05, 4.69) is 20.3 Å². The molecule has 0 bridgehead atoms. The van der Waals surface area contributed by atoms with Crippen molar-refractivity contribution in [1.82, 2.24) is 20.3 Å². The van der Waals surface area contributed by atoms with Crippen molar-refractivity contribution >= 4 is 11.9 Å². The van der Waals surface area contributed by atoms with Crippen molar-refractivity contribution in [3.63, 3.8) is 0 Å². The Labute approximate surface area is 196 Å². The molecule has 4 rings (SSSR count). The molecule has 1 aliphatic rings. The summed E-state index contributed by atoms with van der Waals surface area (Å²) in [6.45, 7) is 3.18. The number of ether oxygens (including phenoxy) is 2. The van der Waals surface area contributed by atoms with E-state index in [4.69, 9.17) is 14.6 Å². The Balaban J connectivity index is 1.28. The lowest BCUT2D eigenvalue weighted by Crippen LogP contribution is -2.38. The lowest BCUT2D eigenvalue weighted by Gasteiger charge is -2.30. The van der Waals surface area contributed by atoms with Gasteiger partial charge in [0.1, 0.15) is 23.9 Å². The van der Waals surface area contributed by atoms with Gasteiger partial charge in [-0.2, -0.15) is 15.0 Å². The molecule has 1 saturated heterocycles. The molecule has 0 amide bonds. The van der Waals surface area contributed by atoms with Crippen LogP contribution in [0.5, 0.6) is 17.5 Å². The highest BCUT2D eigenvalue weighted by atomic mass is 19.1. The zero-order chi connectivity index (χ0) is 23.8. The number of nitrogens with one attached hydrogen (secondary N) is 1. The van der Waals surface area contributed by atoms with Crippen LogP contribution in [0, 0.1) is 5.82 Å². The fourth-order valence-electron chi connectivity index (χ4n) is 3.22. The average Bonchev–Trinajstić information content (AvgIpc) is 2.78. The van der Waals surface area contributed by atoms with Crippen LogP contribution in [0.15, 0.2) is 48.5 Å². The van der Waals surface area contributed by atoms with Crippen molar-refractivity contribution in [2.24, 2.45) is 0 Å². The van der Waals surface area contributed by atoms with Gasteiger partial charge in [0.2, 0.25) is 5.95 Å². The smallest absolute Gasteiger partial charge is 0.327 e. The van der Waals surface area contributed by atoms with Gasteiger partial charge in [0.25, 0.3) is 0 Å². The number of hydrogen-bond acceptors (Lipinski definition) is 8. The molecule has 1 fully saturated rings. The molecule has 34 heavy (non-hydrogen) atoms. The largest absolute Gasteiger partial charge is 0.492 e. The van der Waals surface area contributed by atoms with Gasteiger partial charge < -0.3 is 24.8 Å². The van der Waals surface area contributed by atoms with Crippen molar-refractivity contribution < 1.29 is 23.8 Å². The third-order valence-corrected chi connectivity index (χ3v) is 5.19. The van der Waals surface area contributed by atoms with Gasteiger partial charge in [0, 0.05) is 26.1 Å². The molecular formula is C24H26FN5O4. The number of benzene rings is 2. The summed E-state index contributed by atoms with van der Waals surface area (Å²) in [7, 11) is 0. The van der Waals surface area contributed by atoms with Gasteiger partial charge in [-0.25, -0.2) is 4.39 Å². The topological polar surface area (TPSA) is 110 Å². The lowest BCUT2D eigenvalue weighted by molar-refractivity contribution is -0.136. The maximum atomic E-state index is 13.2. The number of aliphatic carboxylic acids is 1. The first-order valence-corrected chi connectivity index (χ1v) is 11.1. The van der Waals surface area contributed by atoms with Gasteiger partial charge in [-0.1, -0.05) is 12.1 Å². The van der Waals surface area contributed by atoms with Crippen LogP contribution < -0.4 is 19.7 Å². The third kappa shape index (κ3) is 6.85. The summed E-state index contributed by atoms with van der Waals surface area (Å²) in [5, 5.41) is 12.0. The molecule has 3 aromatic rings. The first kappa shape index (κ1) is 23.4. The molecule has 0 spiro atoms. The zero-order valence-corrected chi connectivity index (χ0v) is 18.6. The van der Waals surface area contributed by atoms with Gasteiger partial charge >= 0.3 is 12.0 Å². The van der Waals surface area contributed by atoms with E-state index in [9.17, 15) is 9.18 Å². The Morgan fingerprint density at radius 1 is 1.03 bits per heavy atom. The molecule has 0 saturated carbocycles. The third-order valence-electron chi connectivity index (χ3n) is 5.19. The minimum absolute atomic E-state index is 0.108. The van der Waals surface area contributed by atoms with Crippen LogP contribution in [0.4, 0.5) is 10.3 Å². The average molecular weight is 468 g/mol. The molecule has 2 heterocycles. The lowest BCUT2D eigenvalue weighted by atomic mass is 10.1. The second kappa shape index (κ2) is 11.4. The molecule has 1 aromatic heterocycles. The summed E-state index contributed by atoms with van der Waals surface area (Å²) in [6.07, 6.45) is 1.69. The number of aromatic nitrogens is 3. The number of aryl methyl sites for hydroxylation is 1. The van der Waals surface area contributed by atoms with E-state index in [1.165, 1.54) is 24.3 Å². The Morgan fingerprint density at radius 2 is 1.76 bits per heavy atom. The standard InChI is InChI=1S/C24H26FN5O4/c25-18-5-9-20(10-6-18)34-24-28-21(27-23(29-24)30-13-1-14-30)16-26-12-15-33-19-7-2-17(3-8-19)4-11-22(31)32/h2-3,5-10,26H,1,4,11-16H2,(H,31,32). The monoisotopic (exact) mass is 467 g/mol. The van der Waals surface area contributed by atoms with Gasteiger partial charge in [-0.3, -0.25) is 4.79 Å². The molecule has 0 unspecified atom stereocenters. The Hall–Kier alpha value is -3.79. The Morgan fingerprint density at radius 3 is 2.44 bits per heavy atom. The first-order chi connectivity index (χ1) is 16.5. The number of carboxylic acids is 1. The summed E-state index contributed by atoms with van der Waals surface area (Å²) in [6, 6.07) is 13.3. The van der Waals surface area contributed by atoms with Crippen LogP contribution in [-0.2, 0) is 17.8 Å². The SMILES string of the molecule is O=C(O)CCc1ccc(OCCNCc2nc(Oc3ccc(F)cc3)nc(N3CCC3)n2)cc1. The predicted octanol–water partition coefficient (Wildman–Crippen LogP) is 3.20. The molecule has 0 atom stereocenters. The van der Waals surface area contributed by atoms with E-state index < -0.39 is 5.97 Å². The van der Waals surface area contributed by atoms with E-state index in [0.29, 0.717) is 43.6 Å². The highest BCUT2D eigenvalue weighted by molar-refractivity contribution is 5.67. The van der Waals surface area contributed by atoms with Crippen molar-refractivity contribution in [2.45, 2.75) is 25.8 Å². The van der Waals surface area contributed by atoms with Crippen molar-refractivity contribution in [1.29, 1.82) is 0 Å². The number of hydrogen-bond donors (Lipinski definition) is 2. The summed E-state index contributed by atoms with van der Waals surface area (Å²) in [5.41, 5.74) is 0.958. The molecule has 2 aromatic carbocycles. The maximum Gasteiger partial charge on any atom is 0.327 e. The van der Waals surface area contributed by atoms with E-state index >= 15 is 0 Å². The molecule has 0 aliphatic carbocycles. The van der Waals surface area contributed by atoms with Crippen molar-refractivity contribution in [2.75, 3.05) is 31.1 Å². The van der Waals surface area contributed by atoms with Crippen LogP contribution in [-0.4, -0.2) is 52.3 Å². The predicted molar refractivity (Wildman–Crippen MR) is 123 cm³/mol. The van der Waals surface area contributed by atoms with Gasteiger partial charge in [-0.05, 0) is 54.8 Å². The fourth-order valence-corrected chi connectivity index (χ4v) is 3.22.